The summed E-state index contributed by atoms with van der Waals surface area (Å²) < 4.78 is 39.0. The van der Waals surface area contributed by atoms with Crippen molar-refractivity contribution in [3.63, 3.8) is 0 Å². The molecule has 1 aromatic rings. The Morgan fingerprint density at radius 3 is 2.32 bits per heavy atom. The third-order valence-corrected chi connectivity index (χ3v) is 5.76. The van der Waals surface area contributed by atoms with Crippen molar-refractivity contribution in [2.24, 2.45) is 17.8 Å². The van der Waals surface area contributed by atoms with E-state index in [0.29, 0.717) is 18.3 Å². The fraction of sp³-hybridized carbons (Fsp3) is 0.714. The summed E-state index contributed by atoms with van der Waals surface area (Å²) in [6.45, 7) is 2.25. The van der Waals surface area contributed by atoms with Crippen molar-refractivity contribution >= 4 is 0 Å². The molecule has 3 atom stereocenters. The van der Waals surface area contributed by atoms with E-state index < -0.39 is 18.7 Å². The maximum atomic E-state index is 13.2. The number of hydrogen-bond acceptors (Lipinski definition) is 0. The lowest BCUT2D eigenvalue weighted by Crippen LogP contribution is -2.25. The van der Waals surface area contributed by atoms with Crippen LogP contribution >= 0.6 is 0 Å². The van der Waals surface area contributed by atoms with Crippen molar-refractivity contribution in [1.29, 1.82) is 0 Å². The molecule has 2 fully saturated rings. The van der Waals surface area contributed by atoms with Crippen molar-refractivity contribution in [3.05, 3.63) is 35.6 Å². The summed E-state index contributed by atoms with van der Waals surface area (Å²) in [5.41, 5.74) is 0.775. The van der Waals surface area contributed by atoms with Crippen LogP contribution in [0.2, 0.25) is 0 Å². The minimum absolute atomic E-state index is 0.302. The van der Waals surface area contributed by atoms with E-state index in [2.05, 4.69) is 6.92 Å². The van der Waals surface area contributed by atoms with Crippen LogP contribution in [0.4, 0.5) is 4.39 Å². The monoisotopic (exact) mass is 305 g/mol. The van der Waals surface area contributed by atoms with Crippen LogP contribution < -0.4 is 0 Å². The minimum atomic E-state index is -1.38. The number of hydrogen-bond donors (Lipinski definition) is 0. The Kier molecular flexibility index (Phi) is 4.35. The molecule has 122 valence electrons. The molecule has 2 saturated carbocycles. The topological polar surface area (TPSA) is 0 Å². The Bertz CT molecular complexity index is 549. The molecule has 0 saturated heterocycles. The highest BCUT2D eigenvalue weighted by atomic mass is 19.1. The smallest absolute Gasteiger partial charge is 0.123 e. The van der Waals surface area contributed by atoms with Crippen molar-refractivity contribution in [3.8, 4) is 0 Å². The van der Waals surface area contributed by atoms with Crippen molar-refractivity contribution in [2.75, 3.05) is 0 Å². The fourth-order valence-electron chi connectivity index (χ4n) is 4.40. The summed E-state index contributed by atoms with van der Waals surface area (Å²) >= 11 is 0. The van der Waals surface area contributed by atoms with E-state index in [0.717, 1.165) is 17.9 Å². The standard InChI is InChI=1S/C21H31F/c1-2-3-16-4-6-17(7-5-16)18-8-10-19(11-9-18)20-12-14-21(22)15-13-20/h12-19H,2-11H2,1H3/i10D,11D2. The Labute approximate surface area is 139 Å². The molecule has 0 nitrogen and oxygen atoms in total. The van der Waals surface area contributed by atoms with Crippen LogP contribution in [0.15, 0.2) is 24.3 Å². The maximum Gasteiger partial charge on any atom is 0.123 e. The second-order valence-corrected chi connectivity index (χ2v) is 7.24. The molecule has 2 aliphatic rings. The molecule has 1 aromatic carbocycles. The Hall–Kier alpha value is -0.850. The first kappa shape index (κ1) is 12.6. The summed E-state index contributed by atoms with van der Waals surface area (Å²) in [7, 11) is 0. The van der Waals surface area contributed by atoms with Gasteiger partial charge in [0.05, 0.1) is 0 Å². The van der Waals surface area contributed by atoms with Crippen LogP contribution in [-0.4, -0.2) is 0 Å². The largest absolute Gasteiger partial charge is 0.207 e. The van der Waals surface area contributed by atoms with E-state index in [-0.39, 0.29) is 5.82 Å². The molecule has 3 rings (SSSR count). The van der Waals surface area contributed by atoms with Gasteiger partial charge in [0.15, 0.2) is 0 Å². The van der Waals surface area contributed by atoms with Gasteiger partial charge in [-0.15, -0.1) is 0 Å². The third-order valence-electron chi connectivity index (χ3n) is 5.76. The number of halogens is 1. The highest BCUT2D eigenvalue weighted by Gasteiger charge is 2.30. The van der Waals surface area contributed by atoms with Gasteiger partial charge in [0.25, 0.3) is 0 Å². The summed E-state index contributed by atoms with van der Waals surface area (Å²) in [6.07, 6.45) is 7.07. The average molecular weight is 305 g/mol. The van der Waals surface area contributed by atoms with Gasteiger partial charge < -0.3 is 0 Å². The van der Waals surface area contributed by atoms with Crippen LogP contribution in [0, 0.1) is 23.6 Å². The van der Waals surface area contributed by atoms with Gasteiger partial charge in [-0.2, -0.15) is 0 Å². The van der Waals surface area contributed by atoms with Gasteiger partial charge in [-0.25, -0.2) is 4.39 Å². The van der Waals surface area contributed by atoms with Gasteiger partial charge in [0.2, 0.25) is 0 Å². The quantitative estimate of drug-likeness (QED) is 0.580. The van der Waals surface area contributed by atoms with E-state index in [1.165, 1.54) is 50.7 Å². The van der Waals surface area contributed by atoms with Gasteiger partial charge in [0, 0.05) is 4.11 Å². The van der Waals surface area contributed by atoms with Crippen LogP contribution in [0.1, 0.15) is 86.7 Å². The van der Waals surface area contributed by atoms with Crippen molar-refractivity contribution in [1.82, 2.24) is 0 Å². The zero-order chi connectivity index (χ0) is 18.0. The summed E-state index contributed by atoms with van der Waals surface area (Å²) in [6, 6.07) is 6.10. The SMILES string of the molecule is [2H]C1CC(C2CCC(CCC)CC2)CC([2H])([2H])C1c1ccc(F)cc1. The minimum Gasteiger partial charge on any atom is -0.207 e. The zero-order valence-corrected chi connectivity index (χ0v) is 13.7. The van der Waals surface area contributed by atoms with Crippen molar-refractivity contribution < 1.29 is 8.50 Å². The third kappa shape index (κ3) is 3.91. The molecule has 2 aliphatic carbocycles. The van der Waals surface area contributed by atoms with E-state index in [1.54, 1.807) is 12.1 Å². The first-order valence-corrected chi connectivity index (χ1v) is 9.08. The van der Waals surface area contributed by atoms with Gasteiger partial charge in [0.1, 0.15) is 5.82 Å². The van der Waals surface area contributed by atoms with Crippen LogP contribution in [0.3, 0.4) is 0 Å². The van der Waals surface area contributed by atoms with E-state index >= 15 is 0 Å². The Morgan fingerprint density at radius 2 is 1.68 bits per heavy atom. The molecule has 0 heterocycles. The Balaban J connectivity index is 1.67. The predicted molar refractivity (Wildman–Crippen MR) is 91.5 cm³/mol. The second kappa shape index (κ2) is 7.62. The van der Waals surface area contributed by atoms with Crippen molar-refractivity contribution in [2.45, 2.75) is 77.0 Å². The number of benzene rings is 1. The predicted octanol–water partition coefficient (Wildman–Crippen LogP) is 6.71. The van der Waals surface area contributed by atoms with E-state index in [1.807, 2.05) is 0 Å². The average Bonchev–Trinajstić information content (AvgIpc) is 2.56. The molecule has 0 spiro atoms. The van der Waals surface area contributed by atoms with E-state index in [9.17, 15) is 4.39 Å². The first-order chi connectivity index (χ1) is 11.9. The molecule has 1 heteroatoms. The highest BCUT2D eigenvalue weighted by Crippen LogP contribution is 2.44. The molecule has 0 aliphatic heterocycles. The van der Waals surface area contributed by atoms with Gasteiger partial charge in [-0.1, -0.05) is 44.7 Å². The highest BCUT2D eigenvalue weighted by molar-refractivity contribution is 5.20. The molecule has 0 N–H and O–H groups in total. The first-order valence-electron chi connectivity index (χ1n) is 10.7. The van der Waals surface area contributed by atoms with Gasteiger partial charge in [-0.05, 0) is 79.8 Å². The normalized spacial score (nSPS) is 40.5. The lowest BCUT2D eigenvalue weighted by molar-refractivity contribution is 0.156. The van der Waals surface area contributed by atoms with Gasteiger partial charge in [-0.3, -0.25) is 0 Å². The fourth-order valence-corrected chi connectivity index (χ4v) is 4.40. The molecular formula is C21H31F. The summed E-state index contributed by atoms with van der Waals surface area (Å²) in [5, 5.41) is 0. The van der Waals surface area contributed by atoms with Crippen LogP contribution in [-0.2, 0) is 0 Å². The molecule has 0 radical (unpaired) electrons. The summed E-state index contributed by atoms with van der Waals surface area (Å²) in [5.74, 6) is 1.03. The molecule has 3 unspecified atom stereocenters. The summed E-state index contributed by atoms with van der Waals surface area (Å²) in [4.78, 5) is 0. The molecule has 0 aromatic heterocycles. The molecule has 0 amide bonds. The van der Waals surface area contributed by atoms with Gasteiger partial charge >= 0.3 is 0 Å². The van der Waals surface area contributed by atoms with Crippen LogP contribution in [0.25, 0.3) is 0 Å². The maximum absolute atomic E-state index is 13.2. The molecule has 0 bridgehead atoms. The van der Waals surface area contributed by atoms with E-state index in [4.69, 9.17) is 4.11 Å². The second-order valence-electron chi connectivity index (χ2n) is 7.24. The molecule has 22 heavy (non-hydrogen) atoms. The number of rotatable bonds is 4. The van der Waals surface area contributed by atoms with Crippen LogP contribution in [0.5, 0.6) is 0 Å². The Morgan fingerprint density at radius 1 is 1.00 bits per heavy atom. The lowest BCUT2D eigenvalue weighted by Gasteiger charge is -2.38. The lowest BCUT2D eigenvalue weighted by atomic mass is 9.68. The zero-order valence-electron chi connectivity index (χ0n) is 16.7. The molecular weight excluding hydrogens is 271 g/mol.